The topological polar surface area (TPSA) is 44.5 Å². The van der Waals surface area contributed by atoms with Crippen molar-refractivity contribution < 1.29 is 9.47 Å². The fourth-order valence-electron chi connectivity index (χ4n) is 3.28. The van der Waals surface area contributed by atoms with Gasteiger partial charge in [0, 0.05) is 11.1 Å². The Hall–Kier alpha value is -1.22. The van der Waals surface area contributed by atoms with E-state index < -0.39 is 0 Å². The minimum absolute atomic E-state index is 0.166. The third kappa shape index (κ3) is 1.69. The van der Waals surface area contributed by atoms with Crippen molar-refractivity contribution in [2.75, 3.05) is 6.79 Å². The van der Waals surface area contributed by atoms with Crippen LogP contribution < -0.4 is 15.2 Å². The largest absolute Gasteiger partial charge is 0.454 e. The van der Waals surface area contributed by atoms with Gasteiger partial charge in [-0.05, 0) is 30.4 Å². The van der Waals surface area contributed by atoms with Crippen LogP contribution in [-0.2, 0) is 5.54 Å². The zero-order valence-corrected chi connectivity index (χ0v) is 11.2. The van der Waals surface area contributed by atoms with Crippen LogP contribution >= 0.6 is 0 Å². The van der Waals surface area contributed by atoms with Crippen LogP contribution in [0.15, 0.2) is 12.1 Å². The summed E-state index contributed by atoms with van der Waals surface area (Å²) in [6, 6.07) is 4.16. The normalized spacial score (nSPS) is 20.7. The first-order valence-corrected chi connectivity index (χ1v) is 6.84. The summed E-state index contributed by atoms with van der Waals surface area (Å²) >= 11 is 0. The highest BCUT2D eigenvalue weighted by Gasteiger charge is 2.36. The van der Waals surface area contributed by atoms with Crippen LogP contribution in [0.3, 0.4) is 0 Å². The smallest absolute Gasteiger partial charge is 0.231 e. The lowest BCUT2D eigenvalue weighted by Gasteiger charge is -2.29. The van der Waals surface area contributed by atoms with Crippen LogP contribution in [0.25, 0.3) is 0 Å². The van der Waals surface area contributed by atoms with Gasteiger partial charge >= 0.3 is 0 Å². The van der Waals surface area contributed by atoms with E-state index in [9.17, 15) is 0 Å². The first-order chi connectivity index (χ1) is 8.62. The minimum Gasteiger partial charge on any atom is -0.454 e. The first kappa shape index (κ1) is 11.8. The monoisotopic (exact) mass is 247 g/mol. The molecule has 98 valence electrons. The van der Waals surface area contributed by atoms with Crippen LogP contribution in [0.2, 0.25) is 0 Å². The Labute approximate surface area is 108 Å². The van der Waals surface area contributed by atoms with Gasteiger partial charge in [0.1, 0.15) is 0 Å². The molecule has 0 aromatic heterocycles. The molecule has 1 fully saturated rings. The molecule has 3 nitrogen and oxygen atoms in total. The zero-order valence-electron chi connectivity index (χ0n) is 11.2. The average Bonchev–Trinajstić information content (AvgIpc) is 2.96. The Balaban J connectivity index is 2.14. The van der Waals surface area contributed by atoms with E-state index in [2.05, 4.69) is 19.9 Å². The summed E-state index contributed by atoms with van der Waals surface area (Å²) in [4.78, 5) is 0. The molecule has 0 radical (unpaired) electrons. The predicted octanol–water partition coefficient (Wildman–Crippen LogP) is 3.27. The highest BCUT2D eigenvalue weighted by atomic mass is 16.7. The van der Waals surface area contributed by atoms with Gasteiger partial charge in [-0.25, -0.2) is 0 Å². The zero-order chi connectivity index (χ0) is 12.8. The molecule has 1 aromatic rings. The molecule has 1 heterocycles. The quantitative estimate of drug-likeness (QED) is 0.872. The van der Waals surface area contributed by atoms with E-state index >= 15 is 0 Å². The molecule has 0 atom stereocenters. The minimum atomic E-state index is -0.166. The predicted molar refractivity (Wildman–Crippen MR) is 71.0 cm³/mol. The SMILES string of the molecule is CC(C)c1c(C2(N)CCCC2)ccc2c1OCO2. The van der Waals surface area contributed by atoms with E-state index in [0.717, 1.165) is 24.3 Å². The lowest BCUT2D eigenvalue weighted by atomic mass is 9.82. The van der Waals surface area contributed by atoms with Gasteiger partial charge in [0.05, 0.1) is 0 Å². The van der Waals surface area contributed by atoms with Crippen molar-refractivity contribution in [2.45, 2.75) is 51.0 Å². The molecule has 0 saturated heterocycles. The van der Waals surface area contributed by atoms with Crippen LogP contribution in [0.4, 0.5) is 0 Å². The molecule has 3 rings (SSSR count). The molecule has 1 aromatic carbocycles. The van der Waals surface area contributed by atoms with Crippen molar-refractivity contribution in [1.29, 1.82) is 0 Å². The third-order valence-corrected chi connectivity index (χ3v) is 4.19. The number of ether oxygens (including phenoxy) is 2. The third-order valence-electron chi connectivity index (χ3n) is 4.19. The number of benzene rings is 1. The molecule has 0 bridgehead atoms. The summed E-state index contributed by atoms with van der Waals surface area (Å²) in [5.41, 5.74) is 8.96. The maximum atomic E-state index is 6.62. The van der Waals surface area contributed by atoms with E-state index in [-0.39, 0.29) is 5.54 Å². The van der Waals surface area contributed by atoms with E-state index in [1.807, 2.05) is 6.07 Å². The second-order valence-electron chi connectivity index (χ2n) is 5.78. The van der Waals surface area contributed by atoms with E-state index in [1.165, 1.54) is 24.0 Å². The van der Waals surface area contributed by atoms with Crippen LogP contribution in [0.1, 0.15) is 56.6 Å². The van der Waals surface area contributed by atoms with E-state index in [1.54, 1.807) is 0 Å². The Bertz CT molecular complexity index is 462. The highest BCUT2D eigenvalue weighted by molar-refractivity contribution is 5.55. The van der Waals surface area contributed by atoms with Crippen molar-refractivity contribution in [3.63, 3.8) is 0 Å². The summed E-state index contributed by atoms with van der Waals surface area (Å²) in [6.45, 7) is 4.72. The van der Waals surface area contributed by atoms with Gasteiger partial charge in [-0.15, -0.1) is 0 Å². The molecule has 1 saturated carbocycles. The summed E-state index contributed by atoms with van der Waals surface area (Å²) in [7, 11) is 0. The molecule has 2 aliphatic rings. The van der Waals surface area contributed by atoms with Crippen LogP contribution in [0, 0.1) is 0 Å². The summed E-state index contributed by atoms with van der Waals surface area (Å²) in [6.07, 6.45) is 4.60. The molecule has 1 aliphatic carbocycles. The Morgan fingerprint density at radius 1 is 1.17 bits per heavy atom. The summed E-state index contributed by atoms with van der Waals surface area (Å²) in [5, 5.41) is 0. The Morgan fingerprint density at radius 3 is 2.56 bits per heavy atom. The molecule has 18 heavy (non-hydrogen) atoms. The van der Waals surface area contributed by atoms with Gasteiger partial charge in [0.2, 0.25) is 6.79 Å². The standard InChI is InChI=1S/C15H21NO2/c1-10(2)13-11(15(16)7-3-4-8-15)5-6-12-14(13)18-9-17-12/h5-6,10H,3-4,7-9,16H2,1-2H3. The van der Waals surface area contributed by atoms with Crippen LogP contribution in [-0.4, -0.2) is 6.79 Å². The molecule has 0 amide bonds. The maximum absolute atomic E-state index is 6.62. The molecule has 0 unspecified atom stereocenters. The number of hydrogen-bond acceptors (Lipinski definition) is 3. The molecule has 0 spiro atoms. The van der Waals surface area contributed by atoms with Crippen molar-refractivity contribution in [3.05, 3.63) is 23.3 Å². The van der Waals surface area contributed by atoms with Gasteiger partial charge in [-0.1, -0.05) is 32.8 Å². The first-order valence-electron chi connectivity index (χ1n) is 6.84. The molecular formula is C15H21NO2. The number of nitrogens with two attached hydrogens (primary N) is 1. The fourth-order valence-corrected chi connectivity index (χ4v) is 3.28. The van der Waals surface area contributed by atoms with Gasteiger partial charge in [0.15, 0.2) is 11.5 Å². The average molecular weight is 247 g/mol. The van der Waals surface area contributed by atoms with Crippen molar-refractivity contribution >= 4 is 0 Å². The Kier molecular flexibility index (Phi) is 2.74. The second kappa shape index (κ2) is 4.16. The number of hydrogen-bond donors (Lipinski definition) is 1. The van der Waals surface area contributed by atoms with Gasteiger partial charge in [-0.3, -0.25) is 0 Å². The van der Waals surface area contributed by atoms with Gasteiger partial charge in [-0.2, -0.15) is 0 Å². The van der Waals surface area contributed by atoms with E-state index in [4.69, 9.17) is 15.2 Å². The molecule has 1 aliphatic heterocycles. The molecule has 2 N–H and O–H groups in total. The van der Waals surface area contributed by atoms with Gasteiger partial charge in [0.25, 0.3) is 0 Å². The lowest BCUT2D eigenvalue weighted by molar-refractivity contribution is 0.173. The highest BCUT2D eigenvalue weighted by Crippen LogP contribution is 2.47. The molecular weight excluding hydrogens is 226 g/mol. The van der Waals surface area contributed by atoms with Crippen molar-refractivity contribution in [1.82, 2.24) is 0 Å². The van der Waals surface area contributed by atoms with Crippen LogP contribution in [0.5, 0.6) is 11.5 Å². The van der Waals surface area contributed by atoms with E-state index in [0.29, 0.717) is 12.7 Å². The maximum Gasteiger partial charge on any atom is 0.231 e. The fraction of sp³-hybridized carbons (Fsp3) is 0.600. The van der Waals surface area contributed by atoms with Crippen molar-refractivity contribution in [3.8, 4) is 11.5 Å². The Morgan fingerprint density at radius 2 is 1.89 bits per heavy atom. The summed E-state index contributed by atoms with van der Waals surface area (Å²) in [5.74, 6) is 2.18. The number of rotatable bonds is 2. The van der Waals surface area contributed by atoms with Gasteiger partial charge < -0.3 is 15.2 Å². The number of fused-ring (bicyclic) bond motifs is 1. The van der Waals surface area contributed by atoms with Crippen molar-refractivity contribution in [2.24, 2.45) is 5.73 Å². The second-order valence-corrected chi connectivity index (χ2v) is 5.78. The molecule has 3 heteroatoms. The summed E-state index contributed by atoms with van der Waals surface area (Å²) < 4.78 is 11.1. The lowest BCUT2D eigenvalue weighted by Crippen LogP contribution is -2.34.